The number of esters is 1. The number of carbonyl (C=O) groups excluding carboxylic acids is 3. The summed E-state index contributed by atoms with van der Waals surface area (Å²) in [6.45, 7) is 8.92. The van der Waals surface area contributed by atoms with Crippen molar-refractivity contribution in [3.63, 3.8) is 0 Å². The summed E-state index contributed by atoms with van der Waals surface area (Å²) in [7, 11) is 0. The third-order valence-corrected chi connectivity index (χ3v) is 3.95. The van der Waals surface area contributed by atoms with Gasteiger partial charge in [0.1, 0.15) is 5.75 Å². The largest absolute Gasteiger partial charge is 0.485 e. The van der Waals surface area contributed by atoms with Crippen LogP contribution in [-0.4, -0.2) is 30.4 Å². The molecule has 2 aromatic carbocycles. The van der Waals surface area contributed by atoms with Crippen LogP contribution in [0.4, 0.5) is 5.69 Å². The summed E-state index contributed by atoms with van der Waals surface area (Å²) in [5, 5.41) is 2.81. The van der Waals surface area contributed by atoms with E-state index in [0.29, 0.717) is 22.6 Å². The Labute approximate surface area is 171 Å². The maximum Gasteiger partial charge on any atom is 0.338 e. The van der Waals surface area contributed by atoms with Gasteiger partial charge in [-0.25, -0.2) is 4.79 Å². The fourth-order valence-corrected chi connectivity index (χ4v) is 2.26. The minimum atomic E-state index is -0.497. The number of ketones is 1. The topological polar surface area (TPSA) is 81.7 Å². The molecule has 29 heavy (non-hydrogen) atoms. The first-order chi connectivity index (χ1) is 13.6. The van der Waals surface area contributed by atoms with Crippen molar-refractivity contribution in [2.75, 3.05) is 11.9 Å². The van der Waals surface area contributed by atoms with Crippen molar-refractivity contribution in [1.29, 1.82) is 0 Å². The lowest BCUT2D eigenvalue weighted by molar-refractivity contribution is -0.123. The van der Waals surface area contributed by atoms with Gasteiger partial charge in [0, 0.05) is 16.7 Å². The monoisotopic (exact) mass is 397 g/mol. The van der Waals surface area contributed by atoms with Gasteiger partial charge in [0.25, 0.3) is 0 Å². The van der Waals surface area contributed by atoms with Crippen LogP contribution in [0, 0.1) is 5.41 Å². The zero-order valence-corrected chi connectivity index (χ0v) is 17.4. The molecule has 0 aliphatic rings. The Morgan fingerprint density at radius 1 is 0.897 bits per heavy atom. The number of nitrogens with one attached hydrogen (secondary N) is 1. The van der Waals surface area contributed by atoms with Gasteiger partial charge in [-0.2, -0.15) is 0 Å². The molecule has 2 rings (SSSR count). The number of carbonyl (C=O) groups is 3. The molecule has 6 nitrogen and oxygen atoms in total. The van der Waals surface area contributed by atoms with Crippen LogP contribution in [0.5, 0.6) is 5.75 Å². The molecule has 1 amide bonds. The first-order valence-corrected chi connectivity index (χ1v) is 9.45. The molecular weight excluding hydrogens is 370 g/mol. The fourth-order valence-electron chi connectivity index (χ4n) is 2.26. The summed E-state index contributed by atoms with van der Waals surface area (Å²) in [5.41, 5.74) is 1.04. The predicted molar refractivity (Wildman–Crippen MR) is 111 cm³/mol. The molecule has 0 saturated heterocycles. The molecule has 6 heteroatoms. The number of amides is 1. The van der Waals surface area contributed by atoms with Gasteiger partial charge < -0.3 is 14.8 Å². The van der Waals surface area contributed by atoms with Crippen molar-refractivity contribution in [2.45, 2.75) is 40.7 Å². The Kier molecular flexibility index (Phi) is 7.15. The summed E-state index contributed by atoms with van der Waals surface area (Å²) in [6.07, 6.45) is -0.191. The first kappa shape index (κ1) is 22.1. The van der Waals surface area contributed by atoms with Gasteiger partial charge >= 0.3 is 5.97 Å². The van der Waals surface area contributed by atoms with Gasteiger partial charge in [0.2, 0.25) is 5.91 Å². The Bertz CT molecular complexity index is 862. The lowest BCUT2D eigenvalue weighted by Crippen LogP contribution is -2.27. The molecule has 0 bridgehead atoms. The Morgan fingerprint density at radius 2 is 1.45 bits per heavy atom. The summed E-state index contributed by atoms with van der Waals surface area (Å²) in [5.74, 6) is -0.211. The minimum Gasteiger partial charge on any atom is -0.485 e. The molecule has 0 radical (unpaired) electrons. The van der Waals surface area contributed by atoms with Crippen molar-refractivity contribution in [1.82, 2.24) is 0 Å². The van der Waals surface area contributed by atoms with E-state index in [2.05, 4.69) is 5.32 Å². The van der Waals surface area contributed by atoms with Crippen molar-refractivity contribution in [3.8, 4) is 5.75 Å². The highest BCUT2D eigenvalue weighted by molar-refractivity contribution is 5.98. The lowest BCUT2D eigenvalue weighted by Gasteiger charge is -2.17. The van der Waals surface area contributed by atoms with E-state index in [4.69, 9.17) is 9.47 Å². The maximum absolute atomic E-state index is 12.3. The summed E-state index contributed by atoms with van der Waals surface area (Å²) in [4.78, 5) is 36.1. The van der Waals surface area contributed by atoms with E-state index < -0.39 is 11.4 Å². The zero-order chi connectivity index (χ0) is 21.6. The number of anilines is 1. The van der Waals surface area contributed by atoms with Gasteiger partial charge in [-0.05, 0) is 62.4 Å². The average Bonchev–Trinajstić information content (AvgIpc) is 2.65. The number of hydrogen-bond acceptors (Lipinski definition) is 5. The second-order valence-corrected chi connectivity index (χ2v) is 7.97. The van der Waals surface area contributed by atoms with E-state index in [9.17, 15) is 14.4 Å². The highest BCUT2D eigenvalue weighted by atomic mass is 16.5. The molecule has 2 aromatic rings. The normalized spacial score (nSPS) is 11.1. The molecule has 0 aliphatic heterocycles. The van der Waals surface area contributed by atoms with Gasteiger partial charge in [0.15, 0.2) is 12.4 Å². The molecule has 0 saturated carbocycles. The van der Waals surface area contributed by atoms with E-state index in [1.54, 1.807) is 62.4 Å². The van der Waals surface area contributed by atoms with Gasteiger partial charge in [0.05, 0.1) is 11.7 Å². The van der Waals surface area contributed by atoms with Crippen molar-refractivity contribution in [3.05, 3.63) is 59.7 Å². The molecular formula is C23H27NO5. The van der Waals surface area contributed by atoms with Crippen LogP contribution in [0.15, 0.2) is 48.5 Å². The number of rotatable bonds is 7. The molecule has 0 aliphatic carbocycles. The van der Waals surface area contributed by atoms with Crippen molar-refractivity contribution < 1.29 is 23.9 Å². The van der Waals surface area contributed by atoms with Crippen LogP contribution < -0.4 is 10.1 Å². The second kappa shape index (κ2) is 9.37. The zero-order valence-electron chi connectivity index (χ0n) is 17.4. The van der Waals surface area contributed by atoms with E-state index in [0.717, 1.165) is 0 Å². The summed E-state index contributed by atoms with van der Waals surface area (Å²) >= 11 is 0. The van der Waals surface area contributed by atoms with Gasteiger partial charge in [-0.3, -0.25) is 9.59 Å². The first-order valence-electron chi connectivity index (χ1n) is 9.45. The maximum atomic E-state index is 12.3. The molecule has 0 atom stereocenters. The number of hydrogen-bond donors (Lipinski definition) is 1. The van der Waals surface area contributed by atoms with Crippen LogP contribution in [0.25, 0.3) is 0 Å². The molecule has 1 N–H and O–H groups in total. The smallest absolute Gasteiger partial charge is 0.338 e. The number of ether oxygens (including phenoxy) is 2. The molecule has 0 heterocycles. The van der Waals surface area contributed by atoms with Crippen LogP contribution >= 0.6 is 0 Å². The Balaban J connectivity index is 1.90. The number of benzene rings is 2. The molecule has 0 unspecified atom stereocenters. The highest BCUT2D eigenvalue weighted by Gasteiger charge is 2.21. The van der Waals surface area contributed by atoms with Crippen molar-refractivity contribution >= 4 is 23.3 Å². The molecule has 0 spiro atoms. The minimum absolute atomic E-state index is 0.0966. The van der Waals surface area contributed by atoms with Gasteiger partial charge in [-0.1, -0.05) is 20.8 Å². The van der Waals surface area contributed by atoms with E-state index in [1.165, 1.54) is 0 Å². The SMILES string of the molecule is CC(C)OC(=O)c1ccc(OCC(=O)c2ccc(NC(=O)C(C)(C)C)cc2)cc1. The Morgan fingerprint density at radius 3 is 1.97 bits per heavy atom. The third-order valence-electron chi connectivity index (χ3n) is 3.95. The second-order valence-electron chi connectivity index (χ2n) is 7.97. The van der Waals surface area contributed by atoms with Crippen LogP contribution in [0.2, 0.25) is 0 Å². The van der Waals surface area contributed by atoms with Crippen molar-refractivity contribution in [2.24, 2.45) is 5.41 Å². The summed E-state index contributed by atoms with van der Waals surface area (Å²) in [6, 6.07) is 13.1. The Hall–Kier alpha value is -3.15. The highest BCUT2D eigenvalue weighted by Crippen LogP contribution is 2.18. The molecule has 154 valence electrons. The standard InChI is InChI=1S/C23H27NO5/c1-15(2)29-21(26)17-8-12-19(13-9-17)28-14-20(25)16-6-10-18(11-7-16)24-22(27)23(3,4)5/h6-13,15H,14H2,1-5H3,(H,24,27). The van der Waals surface area contributed by atoms with E-state index >= 15 is 0 Å². The predicted octanol–water partition coefficient (Wildman–Crippen LogP) is 4.50. The molecule has 0 aromatic heterocycles. The lowest BCUT2D eigenvalue weighted by atomic mass is 9.95. The van der Waals surface area contributed by atoms with Crippen LogP contribution in [0.1, 0.15) is 55.3 Å². The fraction of sp³-hybridized carbons (Fsp3) is 0.348. The third kappa shape index (κ3) is 6.75. The van der Waals surface area contributed by atoms with Crippen LogP contribution in [-0.2, 0) is 9.53 Å². The average molecular weight is 397 g/mol. The summed E-state index contributed by atoms with van der Waals surface area (Å²) < 4.78 is 10.6. The molecule has 0 fully saturated rings. The van der Waals surface area contributed by atoms with E-state index in [-0.39, 0.29) is 24.4 Å². The number of Topliss-reactive ketones (excluding diaryl/α,β-unsaturated/α-hetero) is 1. The van der Waals surface area contributed by atoms with Crippen LogP contribution in [0.3, 0.4) is 0 Å². The quantitative estimate of drug-likeness (QED) is 0.550. The van der Waals surface area contributed by atoms with Gasteiger partial charge in [-0.15, -0.1) is 0 Å². The van der Waals surface area contributed by atoms with E-state index in [1.807, 2.05) is 20.8 Å².